The van der Waals surface area contributed by atoms with E-state index in [-0.39, 0.29) is 17.2 Å². The Labute approximate surface area is 214 Å². The number of nitrogens with zero attached hydrogens (tertiary/aromatic N) is 1. The lowest BCUT2D eigenvalue weighted by Gasteiger charge is -2.33. The Hall–Kier alpha value is -2.18. The third-order valence-electron chi connectivity index (χ3n) is 7.71. The van der Waals surface area contributed by atoms with Gasteiger partial charge in [0.15, 0.2) is 0 Å². The van der Waals surface area contributed by atoms with Gasteiger partial charge in [0, 0.05) is 17.1 Å². The van der Waals surface area contributed by atoms with E-state index in [9.17, 15) is 9.59 Å². The van der Waals surface area contributed by atoms with Gasteiger partial charge in [-0.25, -0.2) is 0 Å². The molecular formula is C29H41N3O2S. The van der Waals surface area contributed by atoms with Crippen LogP contribution in [0.5, 0.6) is 0 Å². The summed E-state index contributed by atoms with van der Waals surface area (Å²) in [4.78, 5) is 30.2. The van der Waals surface area contributed by atoms with Crippen molar-refractivity contribution in [3.8, 4) is 0 Å². The van der Waals surface area contributed by atoms with Crippen molar-refractivity contribution in [1.82, 2.24) is 4.90 Å². The molecule has 2 N–H and O–H groups in total. The Morgan fingerprint density at radius 2 is 1.91 bits per heavy atom. The number of benzene rings is 1. The third-order valence-corrected chi connectivity index (χ3v) is 8.88. The van der Waals surface area contributed by atoms with Crippen LogP contribution in [0.3, 0.4) is 0 Å². The molecule has 0 radical (unpaired) electrons. The number of carbonyl (C=O) groups is 2. The average Bonchev–Trinajstić information content (AvgIpc) is 3.12. The van der Waals surface area contributed by atoms with Gasteiger partial charge < -0.3 is 10.6 Å². The molecule has 0 unspecified atom stereocenters. The quantitative estimate of drug-likeness (QED) is 0.502. The van der Waals surface area contributed by atoms with Gasteiger partial charge in [-0.3, -0.25) is 14.5 Å². The highest BCUT2D eigenvalue weighted by molar-refractivity contribution is 7.17. The van der Waals surface area contributed by atoms with E-state index in [1.54, 1.807) is 11.3 Å². The first-order chi connectivity index (χ1) is 16.5. The highest BCUT2D eigenvalue weighted by Crippen LogP contribution is 2.44. The van der Waals surface area contributed by atoms with Crippen LogP contribution in [0.15, 0.2) is 18.2 Å². The summed E-state index contributed by atoms with van der Waals surface area (Å²) in [5.74, 6) is 1.05. The molecular weight excluding hydrogens is 454 g/mol. The first-order valence-corrected chi connectivity index (χ1v) is 13.9. The summed E-state index contributed by atoms with van der Waals surface area (Å²) in [6.07, 6.45) is 5.28. The molecule has 0 bridgehead atoms. The standard InChI is InChI=1S/C29H41N3O2S/c1-18-9-12-23(20(3)14-18)30-27(34)26-22-11-10-21(29(4,5)6)15-24(22)35-28(26)31-25(33)17-32-13-7-8-19(2)16-32/h9,12,14,19,21H,7-8,10-11,13,15-17H2,1-6H3,(H,30,34)(H,31,33)/t19-,21+/m0/s1. The summed E-state index contributed by atoms with van der Waals surface area (Å²) in [6.45, 7) is 15.5. The molecule has 2 aliphatic rings. The predicted octanol–water partition coefficient (Wildman–Crippen LogP) is 6.44. The average molecular weight is 496 g/mol. The zero-order valence-corrected chi connectivity index (χ0v) is 23.0. The molecule has 1 aliphatic heterocycles. The number of carbonyl (C=O) groups excluding carboxylic acids is 2. The van der Waals surface area contributed by atoms with Crippen molar-refractivity contribution in [1.29, 1.82) is 0 Å². The number of fused-ring (bicyclic) bond motifs is 1. The third kappa shape index (κ3) is 6.15. The Morgan fingerprint density at radius 1 is 1.14 bits per heavy atom. The molecule has 0 spiro atoms. The number of hydrogen-bond acceptors (Lipinski definition) is 4. The first-order valence-electron chi connectivity index (χ1n) is 13.1. The Kier molecular flexibility index (Phi) is 7.72. The topological polar surface area (TPSA) is 61.4 Å². The Morgan fingerprint density at radius 3 is 2.60 bits per heavy atom. The molecule has 5 nitrogen and oxygen atoms in total. The molecule has 1 aromatic heterocycles. The van der Waals surface area contributed by atoms with E-state index in [1.165, 1.54) is 16.9 Å². The van der Waals surface area contributed by atoms with Crippen molar-refractivity contribution in [2.45, 2.75) is 73.6 Å². The molecule has 6 heteroatoms. The van der Waals surface area contributed by atoms with Crippen molar-refractivity contribution in [3.63, 3.8) is 0 Å². The van der Waals surface area contributed by atoms with Crippen LogP contribution in [0.25, 0.3) is 0 Å². The van der Waals surface area contributed by atoms with Crippen LogP contribution >= 0.6 is 11.3 Å². The maximum atomic E-state index is 13.6. The summed E-state index contributed by atoms with van der Waals surface area (Å²) in [5, 5.41) is 7.00. The first kappa shape index (κ1) is 25.9. The van der Waals surface area contributed by atoms with Gasteiger partial charge >= 0.3 is 0 Å². The van der Waals surface area contributed by atoms with Crippen LogP contribution in [0.2, 0.25) is 0 Å². The van der Waals surface area contributed by atoms with E-state index in [1.807, 2.05) is 19.1 Å². The summed E-state index contributed by atoms with van der Waals surface area (Å²) in [7, 11) is 0. The molecule has 1 saturated heterocycles. The molecule has 190 valence electrons. The largest absolute Gasteiger partial charge is 0.322 e. The summed E-state index contributed by atoms with van der Waals surface area (Å²) >= 11 is 1.61. The van der Waals surface area contributed by atoms with Gasteiger partial charge in [-0.15, -0.1) is 11.3 Å². The van der Waals surface area contributed by atoms with Gasteiger partial charge in [-0.1, -0.05) is 45.4 Å². The molecule has 0 saturated carbocycles. The highest BCUT2D eigenvalue weighted by atomic mass is 32.1. The highest BCUT2D eigenvalue weighted by Gasteiger charge is 2.34. The second-order valence-electron chi connectivity index (χ2n) is 11.8. The lowest BCUT2D eigenvalue weighted by molar-refractivity contribution is -0.117. The number of likely N-dealkylation sites (tertiary alicyclic amines) is 1. The monoisotopic (exact) mass is 495 g/mol. The van der Waals surface area contributed by atoms with E-state index in [0.717, 1.165) is 55.6 Å². The molecule has 2 atom stereocenters. The zero-order chi connectivity index (χ0) is 25.3. The van der Waals surface area contributed by atoms with Crippen LogP contribution in [0.4, 0.5) is 10.7 Å². The second-order valence-corrected chi connectivity index (χ2v) is 12.9. The molecule has 1 aromatic carbocycles. The molecule has 35 heavy (non-hydrogen) atoms. The Balaban J connectivity index is 1.60. The molecule has 1 aliphatic carbocycles. The molecule has 2 heterocycles. The van der Waals surface area contributed by atoms with Gasteiger partial charge in [-0.05, 0) is 86.9 Å². The normalized spacial score (nSPS) is 20.9. The fourth-order valence-corrected chi connectivity index (χ4v) is 6.93. The van der Waals surface area contributed by atoms with Crippen molar-refractivity contribution in [3.05, 3.63) is 45.3 Å². The molecule has 1 fully saturated rings. The number of hydrogen-bond donors (Lipinski definition) is 2. The van der Waals surface area contributed by atoms with Crippen molar-refractivity contribution >= 4 is 33.8 Å². The lowest BCUT2D eigenvalue weighted by Crippen LogP contribution is -2.39. The van der Waals surface area contributed by atoms with Gasteiger partial charge in [0.1, 0.15) is 5.00 Å². The number of aryl methyl sites for hydroxylation is 2. The minimum Gasteiger partial charge on any atom is -0.322 e. The number of anilines is 2. The number of thiophene rings is 1. The van der Waals surface area contributed by atoms with Crippen LogP contribution < -0.4 is 10.6 Å². The fraction of sp³-hybridized carbons (Fsp3) is 0.586. The van der Waals surface area contributed by atoms with Crippen LogP contribution in [-0.2, 0) is 17.6 Å². The Bertz CT molecular complexity index is 1100. The molecule has 2 aromatic rings. The van der Waals surface area contributed by atoms with E-state index in [2.05, 4.69) is 56.2 Å². The van der Waals surface area contributed by atoms with E-state index in [0.29, 0.717) is 28.9 Å². The number of piperidine rings is 1. The summed E-state index contributed by atoms with van der Waals surface area (Å²) in [5.41, 5.74) is 5.04. The van der Waals surface area contributed by atoms with Crippen LogP contribution in [-0.4, -0.2) is 36.3 Å². The molecule has 2 amide bonds. The minimum atomic E-state index is -0.120. The van der Waals surface area contributed by atoms with Crippen molar-refractivity contribution in [2.75, 3.05) is 30.3 Å². The molecule has 4 rings (SSSR count). The van der Waals surface area contributed by atoms with Crippen molar-refractivity contribution in [2.24, 2.45) is 17.3 Å². The number of amides is 2. The SMILES string of the molecule is Cc1ccc(NC(=O)c2c(NC(=O)CN3CCC[C@H](C)C3)sc3c2CC[C@@H](C(C)(C)C)C3)c(C)c1. The van der Waals surface area contributed by atoms with Gasteiger partial charge in [0.05, 0.1) is 12.1 Å². The van der Waals surface area contributed by atoms with Gasteiger partial charge in [0.25, 0.3) is 5.91 Å². The minimum absolute atomic E-state index is 0.0226. The van der Waals surface area contributed by atoms with E-state index < -0.39 is 0 Å². The number of rotatable bonds is 5. The van der Waals surface area contributed by atoms with Gasteiger partial charge in [0.2, 0.25) is 5.91 Å². The smallest absolute Gasteiger partial charge is 0.258 e. The van der Waals surface area contributed by atoms with Crippen LogP contribution in [0, 0.1) is 31.1 Å². The second kappa shape index (κ2) is 10.4. The lowest BCUT2D eigenvalue weighted by atomic mass is 9.72. The summed E-state index contributed by atoms with van der Waals surface area (Å²) < 4.78 is 0. The number of nitrogens with one attached hydrogen (secondary N) is 2. The summed E-state index contributed by atoms with van der Waals surface area (Å²) in [6, 6.07) is 6.06. The van der Waals surface area contributed by atoms with Crippen molar-refractivity contribution < 1.29 is 9.59 Å². The zero-order valence-electron chi connectivity index (χ0n) is 22.2. The maximum Gasteiger partial charge on any atom is 0.258 e. The predicted molar refractivity (Wildman–Crippen MR) is 147 cm³/mol. The maximum absolute atomic E-state index is 13.6. The van der Waals surface area contributed by atoms with Gasteiger partial charge in [-0.2, -0.15) is 0 Å². The van der Waals surface area contributed by atoms with Crippen LogP contribution in [0.1, 0.15) is 78.9 Å². The van der Waals surface area contributed by atoms with E-state index >= 15 is 0 Å². The fourth-order valence-electron chi connectivity index (χ4n) is 5.59. The van der Waals surface area contributed by atoms with E-state index in [4.69, 9.17) is 0 Å².